The first-order valence-corrected chi connectivity index (χ1v) is 7.94. The molecule has 9 heteroatoms. The molecule has 0 amide bonds. The number of hydrogen-bond donors (Lipinski definition) is 2. The summed E-state index contributed by atoms with van der Waals surface area (Å²) >= 11 is 1.44. The molecule has 0 unspecified atom stereocenters. The average molecular weight is 301 g/mol. The summed E-state index contributed by atoms with van der Waals surface area (Å²) in [5.74, 6) is 0. The maximum absolute atomic E-state index is 12.4. The summed E-state index contributed by atoms with van der Waals surface area (Å²) in [7, 11) is -0.306. The van der Waals surface area contributed by atoms with E-state index < -0.39 is 10.0 Å². The minimum atomic E-state index is -3.58. The molecular formula is C10H15N5O2S2. The van der Waals surface area contributed by atoms with E-state index in [0.717, 1.165) is 5.69 Å². The van der Waals surface area contributed by atoms with E-state index in [0.29, 0.717) is 12.1 Å². The van der Waals surface area contributed by atoms with Gasteiger partial charge in [0.25, 0.3) is 10.0 Å². The second-order valence-electron chi connectivity index (χ2n) is 4.00. The van der Waals surface area contributed by atoms with Gasteiger partial charge in [0.2, 0.25) is 0 Å². The summed E-state index contributed by atoms with van der Waals surface area (Å²) in [5.41, 5.74) is 3.02. The van der Waals surface area contributed by atoms with Gasteiger partial charge in [0.15, 0.2) is 5.03 Å². The molecular weight excluding hydrogens is 286 g/mol. The van der Waals surface area contributed by atoms with Crippen LogP contribution in [0.4, 0.5) is 0 Å². The molecule has 2 N–H and O–H groups in total. The predicted molar refractivity (Wildman–Crippen MR) is 72.1 cm³/mol. The van der Waals surface area contributed by atoms with Gasteiger partial charge in [-0.25, -0.2) is 13.4 Å². The van der Waals surface area contributed by atoms with E-state index in [1.165, 1.54) is 28.9 Å². The Kier molecular flexibility index (Phi) is 4.30. The minimum absolute atomic E-state index is 0.125. The molecule has 19 heavy (non-hydrogen) atoms. The minimum Gasteiger partial charge on any atom is -0.316 e. The molecule has 0 radical (unpaired) electrons. The van der Waals surface area contributed by atoms with Crippen LogP contribution in [0.15, 0.2) is 22.1 Å². The molecule has 0 aliphatic carbocycles. The Hall–Kier alpha value is -1.29. The van der Waals surface area contributed by atoms with Crippen LogP contribution in [0.5, 0.6) is 0 Å². The molecule has 0 saturated heterocycles. The zero-order valence-corrected chi connectivity index (χ0v) is 12.3. The van der Waals surface area contributed by atoms with Crippen molar-refractivity contribution in [3.8, 4) is 0 Å². The SMILES string of the molecule is CNCc1cn[nH]c1S(=O)(=O)N(C)Cc1cscn1. The highest BCUT2D eigenvalue weighted by molar-refractivity contribution is 7.89. The molecule has 0 bridgehead atoms. The van der Waals surface area contributed by atoms with Crippen molar-refractivity contribution in [1.82, 2.24) is 24.8 Å². The topological polar surface area (TPSA) is 91.0 Å². The monoisotopic (exact) mass is 301 g/mol. The maximum Gasteiger partial charge on any atom is 0.260 e. The van der Waals surface area contributed by atoms with Crippen molar-refractivity contribution >= 4 is 21.4 Å². The van der Waals surface area contributed by atoms with E-state index in [1.54, 1.807) is 12.6 Å². The molecule has 2 heterocycles. The number of thiazole rings is 1. The van der Waals surface area contributed by atoms with Crippen LogP contribution >= 0.6 is 11.3 Å². The fourth-order valence-electron chi connectivity index (χ4n) is 1.62. The van der Waals surface area contributed by atoms with Crippen LogP contribution in [-0.4, -0.2) is 42.0 Å². The van der Waals surface area contributed by atoms with Crippen molar-refractivity contribution in [2.45, 2.75) is 18.1 Å². The summed E-state index contributed by atoms with van der Waals surface area (Å²) in [6, 6.07) is 0. The molecule has 2 aromatic rings. The second kappa shape index (κ2) is 5.78. The van der Waals surface area contributed by atoms with E-state index in [9.17, 15) is 8.42 Å². The van der Waals surface area contributed by atoms with Gasteiger partial charge in [0.05, 0.1) is 23.9 Å². The Morgan fingerprint density at radius 3 is 2.95 bits per heavy atom. The zero-order valence-electron chi connectivity index (χ0n) is 10.6. The Morgan fingerprint density at radius 1 is 1.53 bits per heavy atom. The van der Waals surface area contributed by atoms with Crippen molar-refractivity contribution in [1.29, 1.82) is 0 Å². The highest BCUT2D eigenvalue weighted by Gasteiger charge is 2.26. The van der Waals surface area contributed by atoms with Crippen LogP contribution in [-0.2, 0) is 23.1 Å². The standard InChI is InChI=1S/C10H15N5O2S2/c1-11-3-8-4-13-14-10(8)19(16,17)15(2)5-9-6-18-7-12-9/h4,6-7,11H,3,5H2,1-2H3,(H,13,14). The van der Waals surface area contributed by atoms with Crippen LogP contribution in [0.3, 0.4) is 0 Å². The third kappa shape index (κ3) is 3.00. The van der Waals surface area contributed by atoms with E-state index in [4.69, 9.17) is 0 Å². The molecule has 7 nitrogen and oxygen atoms in total. The Labute approximate surface area is 115 Å². The summed E-state index contributed by atoms with van der Waals surface area (Å²) in [5, 5.41) is 11.2. The number of nitrogens with zero attached hydrogens (tertiary/aromatic N) is 3. The molecule has 0 aromatic carbocycles. The van der Waals surface area contributed by atoms with E-state index in [-0.39, 0.29) is 11.6 Å². The summed E-state index contributed by atoms with van der Waals surface area (Å²) < 4.78 is 26.1. The van der Waals surface area contributed by atoms with Gasteiger partial charge in [-0.1, -0.05) is 0 Å². The summed E-state index contributed by atoms with van der Waals surface area (Å²) in [4.78, 5) is 4.08. The van der Waals surface area contributed by atoms with Crippen LogP contribution in [0.25, 0.3) is 0 Å². The highest BCUT2D eigenvalue weighted by atomic mass is 32.2. The van der Waals surface area contributed by atoms with E-state index >= 15 is 0 Å². The molecule has 0 aliphatic rings. The molecule has 104 valence electrons. The maximum atomic E-state index is 12.4. The van der Waals surface area contributed by atoms with E-state index in [1.807, 2.05) is 5.38 Å². The van der Waals surface area contributed by atoms with Crippen LogP contribution in [0.1, 0.15) is 11.3 Å². The van der Waals surface area contributed by atoms with Crippen molar-refractivity contribution < 1.29 is 8.42 Å². The van der Waals surface area contributed by atoms with Gasteiger partial charge in [-0.2, -0.15) is 9.40 Å². The van der Waals surface area contributed by atoms with Crippen molar-refractivity contribution in [2.75, 3.05) is 14.1 Å². The first-order valence-electron chi connectivity index (χ1n) is 5.56. The van der Waals surface area contributed by atoms with Gasteiger partial charge in [0, 0.05) is 24.5 Å². The molecule has 0 aliphatic heterocycles. The second-order valence-corrected chi connectivity index (χ2v) is 6.70. The largest absolute Gasteiger partial charge is 0.316 e. The lowest BCUT2D eigenvalue weighted by Crippen LogP contribution is -2.28. The fourth-order valence-corrected chi connectivity index (χ4v) is 3.41. The van der Waals surface area contributed by atoms with E-state index in [2.05, 4.69) is 20.5 Å². The van der Waals surface area contributed by atoms with Gasteiger partial charge in [-0.3, -0.25) is 5.10 Å². The lowest BCUT2D eigenvalue weighted by molar-refractivity contribution is 0.459. The van der Waals surface area contributed by atoms with Gasteiger partial charge >= 0.3 is 0 Å². The lowest BCUT2D eigenvalue weighted by atomic mass is 10.4. The molecule has 2 aromatic heterocycles. The third-order valence-corrected chi connectivity index (χ3v) is 5.04. The summed E-state index contributed by atoms with van der Waals surface area (Å²) in [6.07, 6.45) is 1.51. The molecule has 0 saturated carbocycles. The number of H-pyrrole nitrogens is 1. The smallest absolute Gasteiger partial charge is 0.260 e. The average Bonchev–Trinajstić information content (AvgIpc) is 3.00. The summed E-state index contributed by atoms with van der Waals surface area (Å²) in [6.45, 7) is 0.680. The van der Waals surface area contributed by atoms with Crippen molar-refractivity contribution in [3.63, 3.8) is 0 Å². The molecule has 2 rings (SSSR count). The number of aromatic amines is 1. The quantitative estimate of drug-likeness (QED) is 0.806. The number of nitrogens with one attached hydrogen (secondary N) is 2. The van der Waals surface area contributed by atoms with Crippen LogP contribution < -0.4 is 5.32 Å². The molecule has 0 fully saturated rings. The lowest BCUT2D eigenvalue weighted by Gasteiger charge is -2.15. The fraction of sp³-hybridized carbons (Fsp3) is 0.400. The number of hydrogen-bond acceptors (Lipinski definition) is 6. The predicted octanol–water partition coefficient (Wildman–Crippen LogP) is 0.406. The number of aromatic nitrogens is 3. The normalized spacial score (nSPS) is 12.2. The Bertz CT molecular complexity index is 620. The third-order valence-electron chi connectivity index (χ3n) is 2.58. The van der Waals surface area contributed by atoms with Crippen LogP contribution in [0.2, 0.25) is 0 Å². The zero-order chi connectivity index (χ0) is 13.9. The number of rotatable bonds is 6. The van der Waals surface area contributed by atoms with Crippen molar-refractivity contribution in [2.24, 2.45) is 0 Å². The molecule has 0 spiro atoms. The van der Waals surface area contributed by atoms with Gasteiger partial charge in [0.1, 0.15) is 0 Å². The Balaban J connectivity index is 2.23. The van der Waals surface area contributed by atoms with Gasteiger partial charge < -0.3 is 5.32 Å². The Morgan fingerprint density at radius 2 is 2.32 bits per heavy atom. The van der Waals surface area contributed by atoms with Crippen molar-refractivity contribution in [3.05, 3.63) is 28.3 Å². The number of sulfonamides is 1. The van der Waals surface area contributed by atoms with Gasteiger partial charge in [-0.15, -0.1) is 11.3 Å². The first kappa shape index (κ1) is 14.1. The van der Waals surface area contributed by atoms with Gasteiger partial charge in [-0.05, 0) is 7.05 Å². The molecule has 0 atom stereocenters. The first-order chi connectivity index (χ1) is 9.05. The highest BCUT2D eigenvalue weighted by Crippen LogP contribution is 2.18. The van der Waals surface area contributed by atoms with Crippen LogP contribution in [0, 0.1) is 0 Å².